The van der Waals surface area contributed by atoms with E-state index in [1.54, 1.807) is 12.1 Å². The molecule has 2 N–H and O–H groups in total. The van der Waals surface area contributed by atoms with Crippen LogP contribution < -0.4 is 5.73 Å². The van der Waals surface area contributed by atoms with E-state index in [-0.39, 0.29) is 18.0 Å². The number of likely N-dealkylation sites (N-methyl/N-ethyl adjacent to an activating group) is 1. The molecule has 100 valence electrons. The van der Waals surface area contributed by atoms with Crippen molar-refractivity contribution in [3.8, 4) is 0 Å². The summed E-state index contributed by atoms with van der Waals surface area (Å²) in [5.41, 5.74) is 7.10. The normalized spacial score (nSPS) is 22.9. The average molecular weight is 252 g/mol. The number of halogens is 1. The van der Waals surface area contributed by atoms with Crippen molar-refractivity contribution in [1.82, 2.24) is 4.90 Å². The van der Waals surface area contributed by atoms with Gasteiger partial charge in [0, 0.05) is 19.1 Å². The van der Waals surface area contributed by atoms with Gasteiger partial charge in [0.15, 0.2) is 0 Å². The number of hydrogen-bond acceptors (Lipinski definition) is 3. The van der Waals surface area contributed by atoms with E-state index >= 15 is 0 Å². The van der Waals surface area contributed by atoms with Crippen molar-refractivity contribution < 1.29 is 9.13 Å². The Morgan fingerprint density at radius 1 is 1.56 bits per heavy atom. The van der Waals surface area contributed by atoms with Crippen LogP contribution in [0.4, 0.5) is 4.39 Å². The van der Waals surface area contributed by atoms with Crippen LogP contribution in [-0.2, 0) is 11.2 Å². The topological polar surface area (TPSA) is 38.5 Å². The van der Waals surface area contributed by atoms with Crippen molar-refractivity contribution in [1.29, 1.82) is 0 Å². The molecule has 1 aromatic carbocycles. The van der Waals surface area contributed by atoms with E-state index in [1.807, 2.05) is 6.07 Å². The first-order chi connectivity index (χ1) is 8.69. The zero-order chi connectivity index (χ0) is 13.0. The van der Waals surface area contributed by atoms with E-state index in [9.17, 15) is 4.39 Å². The van der Waals surface area contributed by atoms with Crippen LogP contribution in [0.25, 0.3) is 0 Å². The van der Waals surface area contributed by atoms with Crippen LogP contribution in [0.5, 0.6) is 0 Å². The molecule has 0 bridgehead atoms. The molecule has 2 atom stereocenters. The molecule has 1 heterocycles. The van der Waals surface area contributed by atoms with Gasteiger partial charge in [-0.2, -0.15) is 0 Å². The number of nitrogens with zero attached hydrogens (tertiary/aromatic N) is 1. The summed E-state index contributed by atoms with van der Waals surface area (Å²) in [6, 6.07) is 6.53. The molecule has 0 spiro atoms. The third kappa shape index (κ3) is 3.51. The summed E-state index contributed by atoms with van der Waals surface area (Å²) in [7, 11) is 0. The first-order valence-corrected chi connectivity index (χ1v) is 6.53. The molecule has 1 aromatic rings. The summed E-state index contributed by atoms with van der Waals surface area (Å²) in [6.07, 6.45) is 0.696. The Labute approximate surface area is 108 Å². The lowest BCUT2D eigenvalue weighted by atomic mass is 10.0. The van der Waals surface area contributed by atoms with Crippen molar-refractivity contribution in [2.45, 2.75) is 25.5 Å². The highest BCUT2D eigenvalue weighted by Crippen LogP contribution is 2.12. The number of hydrogen-bond donors (Lipinski definition) is 1. The lowest BCUT2D eigenvalue weighted by molar-refractivity contribution is -0.0385. The fourth-order valence-corrected chi connectivity index (χ4v) is 2.35. The minimum atomic E-state index is -0.209. The molecule has 18 heavy (non-hydrogen) atoms. The number of benzene rings is 1. The second kappa shape index (κ2) is 6.27. The maximum absolute atomic E-state index is 13.1. The van der Waals surface area contributed by atoms with Crippen LogP contribution in [0.1, 0.15) is 12.5 Å². The fourth-order valence-electron chi connectivity index (χ4n) is 2.35. The second-order valence-electron chi connectivity index (χ2n) is 4.80. The van der Waals surface area contributed by atoms with Gasteiger partial charge in [-0.15, -0.1) is 0 Å². The third-order valence-electron chi connectivity index (χ3n) is 3.46. The lowest BCUT2D eigenvalue weighted by Gasteiger charge is -2.35. The monoisotopic (exact) mass is 252 g/mol. The van der Waals surface area contributed by atoms with Gasteiger partial charge in [0.1, 0.15) is 5.82 Å². The van der Waals surface area contributed by atoms with Gasteiger partial charge in [-0.1, -0.05) is 19.1 Å². The van der Waals surface area contributed by atoms with Gasteiger partial charge in [0.2, 0.25) is 0 Å². The minimum Gasteiger partial charge on any atom is -0.374 e. The Morgan fingerprint density at radius 3 is 3.11 bits per heavy atom. The van der Waals surface area contributed by atoms with Gasteiger partial charge in [0.25, 0.3) is 0 Å². The molecule has 3 nitrogen and oxygen atoms in total. The number of morpholine rings is 1. The van der Waals surface area contributed by atoms with Gasteiger partial charge < -0.3 is 10.5 Å². The zero-order valence-electron chi connectivity index (χ0n) is 10.8. The first kappa shape index (κ1) is 13.5. The molecule has 1 fully saturated rings. The molecule has 0 aromatic heterocycles. The fraction of sp³-hybridized carbons (Fsp3) is 0.571. The van der Waals surface area contributed by atoms with Gasteiger partial charge in [-0.05, 0) is 30.7 Å². The molecule has 4 heteroatoms. The third-order valence-corrected chi connectivity index (χ3v) is 3.46. The van der Waals surface area contributed by atoms with Crippen LogP contribution in [0.15, 0.2) is 24.3 Å². The maximum atomic E-state index is 13.1. The van der Waals surface area contributed by atoms with Crippen molar-refractivity contribution in [3.63, 3.8) is 0 Å². The van der Waals surface area contributed by atoms with Gasteiger partial charge in [0.05, 0.1) is 12.7 Å². The molecular formula is C14H21FN2O. The summed E-state index contributed by atoms with van der Waals surface area (Å²) in [5.74, 6) is -0.209. The van der Waals surface area contributed by atoms with Gasteiger partial charge in [-0.25, -0.2) is 4.39 Å². The van der Waals surface area contributed by atoms with Gasteiger partial charge in [-0.3, -0.25) is 4.90 Å². The summed E-state index contributed by atoms with van der Waals surface area (Å²) >= 11 is 0. The van der Waals surface area contributed by atoms with Crippen LogP contribution >= 0.6 is 0 Å². The van der Waals surface area contributed by atoms with E-state index in [0.29, 0.717) is 6.42 Å². The molecule has 1 aliphatic rings. The zero-order valence-corrected chi connectivity index (χ0v) is 10.8. The summed E-state index contributed by atoms with van der Waals surface area (Å²) in [6.45, 7) is 5.73. The minimum absolute atomic E-state index is 0.0435. The predicted octanol–water partition coefficient (Wildman–Crippen LogP) is 1.42. The molecule has 0 saturated carbocycles. The van der Waals surface area contributed by atoms with Crippen LogP contribution in [0.3, 0.4) is 0 Å². The van der Waals surface area contributed by atoms with Crippen LogP contribution in [0, 0.1) is 5.82 Å². The molecule has 0 radical (unpaired) electrons. The summed E-state index contributed by atoms with van der Waals surface area (Å²) in [4.78, 5) is 2.33. The predicted molar refractivity (Wildman–Crippen MR) is 69.9 cm³/mol. The standard InChI is InChI=1S/C14H21FN2O/c1-2-17-6-7-18-14(10-17)13(16)9-11-4-3-5-12(15)8-11/h3-5,8,13-14H,2,6-7,9-10,16H2,1H3. The molecule has 2 unspecified atom stereocenters. The molecule has 0 aliphatic carbocycles. The second-order valence-corrected chi connectivity index (χ2v) is 4.80. The van der Waals surface area contributed by atoms with Crippen molar-refractivity contribution in [2.24, 2.45) is 5.73 Å². The summed E-state index contributed by atoms with van der Waals surface area (Å²) < 4.78 is 18.8. The quantitative estimate of drug-likeness (QED) is 0.880. The van der Waals surface area contributed by atoms with Crippen LogP contribution in [0.2, 0.25) is 0 Å². The SMILES string of the molecule is CCN1CCOC(C(N)Cc2cccc(F)c2)C1. The van der Waals surface area contributed by atoms with Gasteiger partial charge >= 0.3 is 0 Å². The maximum Gasteiger partial charge on any atom is 0.123 e. The molecule has 2 rings (SSSR count). The van der Waals surface area contributed by atoms with Crippen molar-refractivity contribution in [3.05, 3.63) is 35.6 Å². The lowest BCUT2D eigenvalue weighted by Crippen LogP contribution is -2.51. The summed E-state index contributed by atoms with van der Waals surface area (Å²) in [5, 5.41) is 0. The molecule has 1 aliphatic heterocycles. The van der Waals surface area contributed by atoms with E-state index in [1.165, 1.54) is 6.07 Å². The number of nitrogens with two attached hydrogens (primary N) is 1. The highest BCUT2D eigenvalue weighted by Gasteiger charge is 2.25. The van der Waals surface area contributed by atoms with Crippen molar-refractivity contribution >= 4 is 0 Å². The van der Waals surface area contributed by atoms with E-state index in [4.69, 9.17) is 10.5 Å². The average Bonchev–Trinajstić information content (AvgIpc) is 2.39. The van der Waals surface area contributed by atoms with E-state index in [2.05, 4.69) is 11.8 Å². The molecular weight excluding hydrogens is 231 g/mol. The number of ether oxygens (including phenoxy) is 1. The van der Waals surface area contributed by atoms with Crippen molar-refractivity contribution in [2.75, 3.05) is 26.2 Å². The Bertz CT molecular complexity index is 386. The Balaban J connectivity index is 1.93. The Morgan fingerprint density at radius 2 is 2.39 bits per heavy atom. The van der Waals surface area contributed by atoms with E-state index in [0.717, 1.165) is 31.8 Å². The number of rotatable bonds is 4. The van der Waals surface area contributed by atoms with E-state index < -0.39 is 0 Å². The molecule has 0 amide bonds. The van der Waals surface area contributed by atoms with Crippen LogP contribution in [-0.4, -0.2) is 43.3 Å². The Hall–Kier alpha value is -0.970. The highest BCUT2D eigenvalue weighted by molar-refractivity contribution is 5.17. The Kier molecular flexibility index (Phi) is 4.69. The highest BCUT2D eigenvalue weighted by atomic mass is 19.1. The smallest absolute Gasteiger partial charge is 0.123 e. The largest absolute Gasteiger partial charge is 0.374 e. The first-order valence-electron chi connectivity index (χ1n) is 6.53. The molecule has 1 saturated heterocycles.